The number of likely N-dealkylation sites (tertiary alicyclic amines) is 1. The Balaban J connectivity index is 2.42. The molecule has 1 atom stereocenters. The number of nitro benzene ring substituents is 1. The number of hydrogen-bond donors (Lipinski definition) is 1. The van der Waals surface area contributed by atoms with Crippen molar-refractivity contribution in [2.75, 3.05) is 6.54 Å². The van der Waals surface area contributed by atoms with Crippen LogP contribution in [0, 0.1) is 10.1 Å². The summed E-state index contributed by atoms with van der Waals surface area (Å²) in [7, 11) is 0. The standard InChI is InChI=1S/C12H11ClN2O5/c13-8-4-1-3-7(10(8)15(19)20)11(16)14-6-2-5-9(14)12(17)18/h1,3-4,9H,2,5-6H2,(H,17,18)/t9-/m1/s1. The first-order chi connectivity index (χ1) is 9.43. The van der Waals surface area contributed by atoms with E-state index in [0.717, 1.165) is 4.90 Å². The Morgan fingerprint density at radius 1 is 1.45 bits per heavy atom. The number of amides is 1. The van der Waals surface area contributed by atoms with E-state index in [-0.39, 0.29) is 17.1 Å². The Morgan fingerprint density at radius 2 is 2.15 bits per heavy atom. The second-order valence-corrected chi connectivity index (χ2v) is 4.80. The summed E-state index contributed by atoms with van der Waals surface area (Å²) in [5.41, 5.74) is -0.675. The first-order valence-electron chi connectivity index (χ1n) is 5.90. The fraction of sp³-hybridized carbons (Fsp3) is 0.333. The second kappa shape index (κ2) is 5.46. The molecular formula is C12H11ClN2O5. The third-order valence-corrected chi connectivity index (χ3v) is 3.50. The lowest BCUT2D eigenvalue weighted by atomic mass is 10.1. The number of nitrogens with zero attached hydrogens (tertiary/aromatic N) is 2. The summed E-state index contributed by atoms with van der Waals surface area (Å²) in [6, 6.07) is 3.08. The largest absolute Gasteiger partial charge is 0.480 e. The Hall–Kier alpha value is -2.15. The molecule has 1 aliphatic heterocycles. The van der Waals surface area contributed by atoms with Crippen molar-refractivity contribution in [3.63, 3.8) is 0 Å². The van der Waals surface area contributed by atoms with Crippen LogP contribution >= 0.6 is 11.6 Å². The smallest absolute Gasteiger partial charge is 0.326 e. The highest BCUT2D eigenvalue weighted by Crippen LogP contribution is 2.31. The molecule has 0 unspecified atom stereocenters. The molecule has 0 spiro atoms. The first kappa shape index (κ1) is 14.3. The highest BCUT2D eigenvalue weighted by Gasteiger charge is 2.37. The Bertz CT molecular complexity index is 589. The van der Waals surface area contributed by atoms with Crippen LogP contribution in [-0.4, -0.2) is 39.4 Å². The van der Waals surface area contributed by atoms with Crippen molar-refractivity contribution in [1.29, 1.82) is 0 Å². The molecule has 0 radical (unpaired) electrons. The lowest BCUT2D eigenvalue weighted by molar-refractivity contribution is -0.385. The monoisotopic (exact) mass is 298 g/mol. The highest BCUT2D eigenvalue weighted by molar-refractivity contribution is 6.33. The minimum absolute atomic E-state index is 0.146. The van der Waals surface area contributed by atoms with Crippen LogP contribution in [0.2, 0.25) is 5.02 Å². The molecular weight excluding hydrogens is 288 g/mol. The molecule has 106 valence electrons. The zero-order valence-corrected chi connectivity index (χ0v) is 11.0. The zero-order valence-electron chi connectivity index (χ0n) is 10.3. The molecule has 0 saturated carbocycles. The summed E-state index contributed by atoms with van der Waals surface area (Å²) in [6.07, 6.45) is 0.895. The number of benzene rings is 1. The maximum absolute atomic E-state index is 12.3. The molecule has 7 nitrogen and oxygen atoms in total. The normalized spacial score (nSPS) is 18.1. The van der Waals surface area contributed by atoms with Crippen LogP contribution in [0.25, 0.3) is 0 Å². The van der Waals surface area contributed by atoms with Crippen LogP contribution in [-0.2, 0) is 4.79 Å². The lowest BCUT2D eigenvalue weighted by Gasteiger charge is -2.21. The summed E-state index contributed by atoms with van der Waals surface area (Å²) >= 11 is 5.75. The number of halogens is 1. The van der Waals surface area contributed by atoms with Crippen molar-refractivity contribution >= 4 is 29.2 Å². The quantitative estimate of drug-likeness (QED) is 0.679. The number of hydrogen-bond acceptors (Lipinski definition) is 4. The molecule has 20 heavy (non-hydrogen) atoms. The van der Waals surface area contributed by atoms with Crippen molar-refractivity contribution < 1.29 is 19.6 Å². The predicted octanol–water partition coefficient (Wildman–Crippen LogP) is 1.94. The van der Waals surface area contributed by atoms with Crippen molar-refractivity contribution in [1.82, 2.24) is 4.90 Å². The van der Waals surface area contributed by atoms with E-state index in [9.17, 15) is 19.7 Å². The average molecular weight is 299 g/mol. The van der Waals surface area contributed by atoms with Gasteiger partial charge < -0.3 is 10.0 Å². The van der Waals surface area contributed by atoms with Gasteiger partial charge in [0.05, 0.1) is 4.92 Å². The molecule has 1 saturated heterocycles. The van der Waals surface area contributed by atoms with Crippen LogP contribution in [0.15, 0.2) is 18.2 Å². The van der Waals surface area contributed by atoms with Gasteiger partial charge in [-0.2, -0.15) is 0 Å². The van der Waals surface area contributed by atoms with E-state index in [0.29, 0.717) is 12.8 Å². The van der Waals surface area contributed by atoms with Gasteiger partial charge in [0.2, 0.25) is 0 Å². The van der Waals surface area contributed by atoms with E-state index < -0.39 is 28.5 Å². The van der Waals surface area contributed by atoms with E-state index in [4.69, 9.17) is 16.7 Å². The number of para-hydroxylation sites is 1. The van der Waals surface area contributed by atoms with E-state index in [1.165, 1.54) is 18.2 Å². The van der Waals surface area contributed by atoms with Crippen molar-refractivity contribution in [3.8, 4) is 0 Å². The number of nitro groups is 1. The fourth-order valence-electron chi connectivity index (χ4n) is 2.29. The second-order valence-electron chi connectivity index (χ2n) is 4.39. The number of carboxylic acid groups (broad SMARTS) is 1. The van der Waals surface area contributed by atoms with Crippen molar-refractivity contribution in [2.24, 2.45) is 0 Å². The molecule has 1 heterocycles. The Kier molecular flexibility index (Phi) is 3.89. The van der Waals surface area contributed by atoms with E-state index in [1.807, 2.05) is 0 Å². The molecule has 8 heteroatoms. The van der Waals surface area contributed by atoms with Gasteiger partial charge in [0.15, 0.2) is 0 Å². The average Bonchev–Trinajstić information content (AvgIpc) is 2.86. The van der Waals surface area contributed by atoms with E-state index in [1.54, 1.807) is 0 Å². The van der Waals surface area contributed by atoms with Gasteiger partial charge in [-0.05, 0) is 25.0 Å². The summed E-state index contributed by atoms with van der Waals surface area (Å²) in [5, 5.41) is 19.9. The van der Waals surface area contributed by atoms with Gasteiger partial charge in [-0.25, -0.2) is 4.79 Å². The highest BCUT2D eigenvalue weighted by atomic mass is 35.5. The summed E-state index contributed by atoms with van der Waals surface area (Å²) < 4.78 is 0. The molecule has 1 fully saturated rings. The van der Waals surface area contributed by atoms with Gasteiger partial charge in [0.25, 0.3) is 5.91 Å². The SMILES string of the molecule is O=C(O)[C@H]1CCCN1C(=O)c1cccc(Cl)c1[N+](=O)[O-]. The lowest BCUT2D eigenvalue weighted by Crippen LogP contribution is -2.40. The van der Waals surface area contributed by atoms with Crippen LogP contribution in [0.3, 0.4) is 0 Å². The molecule has 1 aromatic carbocycles. The Labute approximate surface area is 118 Å². The van der Waals surface area contributed by atoms with E-state index >= 15 is 0 Å². The molecule has 1 N–H and O–H groups in total. The van der Waals surface area contributed by atoms with Crippen LogP contribution in [0.1, 0.15) is 23.2 Å². The number of carboxylic acids is 1. The van der Waals surface area contributed by atoms with E-state index in [2.05, 4.69) is 0 Å². The van der Waals surface area contributed by atoms with Crippen molar-refractivity contribution in [2.45, 2.75) is 18.9 Å². The minimum atomic E-state index is -1.11. The van der Waals surface area contributed by atoms with Gasteiger partial charge in [-0.1, -0.05) is 17.7 Å². The third kappa shape index (κ3) is 2.44. The number of carbonyl (C=O) groups excluding carboxylic acids is 1. The topological polar surface area (TPSA) is 101 Å². The summed E-state index contributed by atoms with van der Waals surface area (Å²) in [5.74, 6) is -1.79. The third-order valence-electron chi connectivity index (χ3n) is 3.20. The van der Waals surface area contributed by atoms with Crippen LogP contribution < -0.4 is 0 Å². The predicted molar refractivity (Wildman–Crippen MR) is 69.8 cm³/mol. The van der Waals surface area contributed by atoms with Crippen LogP contribution in [0.5, 0.6) is 0 Å². The summed E-state index contributed by atoms with van der Waals surface area (Å²) in [6.45, 7) is 0.263. The number of aliphatic carboxylic acids is 1. The minimum Gasteiger partial charge on any atom is -0.480 e. The maximum atomic E-state index is 12.3. The first-order valence-corrected chi connectivity index (χ1v) is 6.28. The Morgan fingerprint density at radius 3 is 2.75 bits per heavy atom. The molecule has 1 amide bonds. The van der Waals surface area contributed by atoms with Crippen LogP contribution in [0.4, 0.5) is 5.69 Å². The summed E-state index contributed by atoms with van der Waals surface area (Å²) in [4.78, 5) is 34.8. The van der Waals surface area contributed by atoms with Gasteiger partial charge >= 0.3 is 11.7 Å². The molecule has 0 bridgehead atoms. The molecule has 1 aromatic rings. The fourth-order valence-corrected chi connectivity index (χ4v) is 2.54. The molecule has 2 rings (SSSR count). The number of rotatable bonds is 3. The van der Waals surface area contributed by atoms with Gasteiger partial charge in [-0.3, -0.25) is 14.9 Å². The van der Waals surface area contributed by atoms with Gasteiger partial charge in [0, 0.05) is 6.54 Å². The zero-order chi connectivity index (χ0) is 14.9. The van der Waals surface area contributed by atoms with Crippen molar-refractivity contribution in [3.05, 3.63) is 38.9 Å². The molecule has 0 aromatic heterocycles. The molecule has 0 aliphatic carbocycles. The molecule has 1 aliphatic rings. The maximum Gasteiger partial charge on any atom is 0.326 e. The van der Waals surface area contributed by atoms with Gasteiger partial charge in [-0.15, -0.1) is 0 Å². The number of carbonyl (C=O) groups is 2. The van der Waals surface area contributed by atoms with Gasteiger partial charge in [0.1, 0.15) is 16.6 Å².